The van der Waals surface area contributed by atoms with Gasteiger partial charge in [0.1, 0.15) is 0 Å². The molecule has 0 amide bonds. The van der Waals surface area contributed by atoms with Crippen LogP contribution in [0.15, 0.2) is 29.2 Å². The van der Waals surface area contributed by atoms with Crippen molar-refractivity contribution in [1.82, 2.24) is 10.0 Å². The zero-order valence-corrected chi connectivity index (χ0v) is 12.2. The van der Waals surface area contributed by atoms with Gasteiger partial charge >= 0.3 is 0 Å². The predicted molar refractivity (Wildman–Crippen MR) is 76.4 cm³/mol. The molecule has 1 atom stereocenters. The number of non-ortho nitro benzene ring substituents is 1. The largest absolute Gasteiger partial charge is 0.310 e. The molecule has 0 radical (unpaired) electrons. The van der Waals surface area contributed by atoms with Gasteiger partial charge in [0.2, 0.25) is 10.0 Å². The van der Waals surface area contributed by atoms with E-state index in [1.807, 2.05) is 0 Å². The topological polar surface area (TPSA) is 101 Å². The second-order valence-electron chi connectivity index (χ2n) is 5.65. The molecule has 1 heterocycles. The van der Waals surface area contributed by atoms with Crippen LogP contribution in [0.3, 0.4) is 0 Å². The van der Waals surface area contributed by atoms with Gasteiger partial charge in [-0.15, -0.1) is 0 Å². The van der Waals surface area contributed by atoms with Crippen LogP contribution >= 0.6 is 0 Å². The monoisotopic (exact) mass is 311 g/mol. The minimum absolute atomic E-state index is 0.0643. The number of sulfonamides is 1. The van der Waals surface area contributed by atoms with E-state index in [0.717, 1.165) is 32.2 Å². The summed E-state index contributed by atoms with van der Waals surface area (Å²) >= 11 is 0. The van der Waals surface area contributed by atoms with Gasteiger partial charge in [-0.1, -0.05) is 0 Å². The van der Waals surface area contributed by atoms with E-state index in [0.29, 0.717) is 0 Å². The maximum Gasteiger partial charge on any atom is 0.269 e. The lowest BCUT2D eigenvalue weighted by molar-refractivity contribution is -0.384. The van der Waals surface area contributed by atoms with Crippen molar-refractivity contribution in [3.63, 3.8) is 0 Å². The Bertz CT molecular complexity index is 652. The average Bonchev–Trinajstić information content (AvgIpc) is 2.81. The first-order valence-corrected chi connectivity index (χ1v) is 8.43. The maximum absolute atomic E-state index is 12.4. The Hall–Kier alpha value is -1.51. The number of nitrogens with zero attached hydrogens (tertiary/aromatic N) is 1. The number of benzene rings is 1. The molecule has 2 aliphatic rings. The van der Waals surface area contributed by atoms with Gasteiger partial charge in [-0.3, -0.25) is 10.1 Å². The van der Waals surface area contributed by atoms with Gasteiger partial charge in [-0.2, -0.15) is 0 Å². The Kier molecular flexibility index (Phi) is 3.46. The number of nitro benzene ring substituents is 1. The summed E-state index contributed by atoms with van der Waals surface area (Å²) in [6.45, 7) is 0.813. The number of nitrogens with one attached hydrogen (secondary N) is 2. The van der Waals surface area contributed by atoms with E-state index in [-0.39, 0.29) is 22.2 Å². The third-order valence-corrected chi connectivity index (χ3v) is 5.97. The second-order valence-corrected chi connectivity index (χ2v) is 7.36. The van der Waals surface area contributed by atoms with Crippen LogP contribution in [0.1, 0.15) is 25.7 Å². The first-order valence-electron chi connectivity index (χ1n) is 6.95. The molecular formula is C13H17N3O4S. The molecule has 1 aromatic carbocycles. The van der Waals surface area contributed by atoms with E-state index in [2.05, 4.69) is 10.0 Å². The molecule has 2 N–H and O–H groups in total. The van der Waals surface area contributed by atoms with Crippen LogP contribution in [0.4, 0.5) is 5.69 Å². The molecule has 1 saturated heterocycles. The van der Waals surface area contributed by atoms with Gasteiger partial charge in [-0.25, -0.2) is 13.1 Å². The molecule has 1 aliphatic heterocycles. The minimum Gasteiger partial charge on any atom is -0.310 e. The molecule has 3 rings (SSSR count). The van der Waals surface area contributed by atoms with Crippen LogP contribution < -0.4 is 10.0 Å². The summed E-state index contributed by atoms with van der Waals surface area (Å²) in [6, 6.07) is 4.86. The molecule has 0 bridgehead atoms. The second kappa shape index (κ2) is 5.04. The number of hydrogen-bond acceptors (Lipinski definition) is 5. The summed E-state index contributed by atoms with van der Waals surface area (Å²) in [4.78, 5) is 10.1. The molecule has 1 aromatic rings. The van der Waals surface area contributed by atoms with E-state index < -0.39 is 14.9 Å². The van der Waals surface area contributed by atoms with Crippen LogP contribution in [0, 0.1) is 10.1 Å². The van der Waals surface area contributed by atoms with Gasteiger partial charge < -0.3 is 5.32 Å². The molecule has 1 unspecified atom stereocenters. The van der Waals surface area contributed by atoms with Crippen molar-refractivity contribution in [2.75, 3.05) is 6.54 Å². The fourth-order valence-electron chi connectivity index (χ4n) is 3.12. The van der Waals surface area contributed by atoms with Gasteiger partial charge in [0.25, 0.3) is 5.69 Å². The summed E-state index contributed by atoms with van der Waals surface area (Å²) in [6.07, 6.45) is 3.86. The van der Waals surface area contributed by atoms with E-state index in [4.69, 9.17) is 0 Å². The van der Waals surface area contributed by atoms with Gasteiger partial charge in [0.05, 0.1) is 9.82 Å². The maximum atomic E-state index is 12.4. The highest BCUT2D eigenvalue weighted by Gasteiger charge is 2.48. The van der Waals surface area contributed by atoms with E-state index >= 15 is 0 Å². The predicted octanol–water partition coefficient (Wildman–Crippen LogP) is 1.16. The third-order valence-electron chi connectivity index (χ3n) is 4.48. The molecule has 1 saturated carbocycles. The number of rotatable bonds is 4. The Labute approximate surface area is 122 Å². The lowest BCUT2D eigenvalue weighted by Gasteiger charge is -2.43. The van der Waals surface area contributed by atoms with Crippen molar-refractivity contribution >= 4 is 15.7 Å². The van der Waals surface area contributed by atoms with Gasteiger partial charge in [-0.05, 0) is 44.4 Å². The van der Waals surface area contributed by atoms with E-state index in [1.54, 1.807) is 0 Å². The Morgan fingerprint density at radius 2 is 1.95 bits per heavy atom. The molecule has 21 heavy (non-hydrogen) atoms. The summed E-state index contributed by atoms with van der Waals surface area (Å²) in [5, 5.41) is 14.0. The minimum atomic E-state index is -3.65. The fourth-order valence-corrected chi connectivity index (χ4v) is 4.47. The Morgan fingerprint density at radius 1 is 1.29 bits per heavy atom. The Balaban J connectivity index is 1.79. The van der Waals surface area contributed by atoms with Crippen molar-refractivity contribution in [2.24, 2.45) is 0 Å². The van der Waals surface area contributed by atoms with Gasteiger partial charge in [0.15, 0.2) is 0 Å². The molecule has 1 spiro atoms. The molecule has 7 nitrogen and oxygen atoms in total. The highest BCUT2D eigenvalue weighted by molar-refractivity contribution is 7.89. The molecule has 0 aromatic heterocycles. The summed E-state index contributed by atoms with van der Waals surface area (Å²) in [5.41, 5.74) is -0.208. The highest BCUT2D eigenvalue weighted by Crippen LogP contribution is 2.39. The van der Waals surface area contributed by atoms with Crippen molar-refractivity contribution < 1.29 is 13.3 Å². The quantitative estimate of drug-likeness (QED) is 0.642. The van der Waals surface area contributed by atoms with Crippen LogP contribution in [0.5, 0.6) is 0 Å². The fraction of sp³-hybridized carbons (Fsp3) is 0.538. The van der Waals surface area contributed by atoms with E-state index in [9.17, 15) is 18.5 Å². The summed E-state index contributed by atoms with van der Waals surface area (Å²) in [5.74, 6) is 0. The lowest BCUT2D eigenvalue weighted by atomic mass is 9.73. The normalized spacial score (nSPS) is 23.9. The molecule has 2 fully saturated rings. The van der Waals surface area contributed by atoms with Crippen LogP contribution in [-0.4, -0.2) is 31.5 Å². The third kappa shape index (κ3) is 2.54. The SMILES string of the molecule is O=[N+]([O-])c1ccc(S(=O)(=O)NC2CCNC23CCC3)cc1. The van der Waals surface area contributed by atoms with Crippen LogP contribution in [0.2, 0.25) is 0 Å². The smallest absolute Gasteiger partial charge is 0.269 e. The number of hydrogen-bond donors (Lipinski definition) is 2. The highest BCUT2D eigenvalue weighted by atomic mass is 32.2. The zero-order valence-electron chi connectivity index (χ0n) is 11.4. The average molecular weight is 311 g/mol. The first kappa shape index (κ1) is 14.4. The molecular weight excluding hydrogens is 294 g/mol. The van der Waals surface area contributed by atoms with E-state index in [1.165, 1.54) is 24.3 Å². The van der Waals surface area contributed by atoms with Crippen molar-refractivity contribution in [3.8, 4) is 0 Å². The van der Waals surface area contributed by atoms with Gasteiger partial charge in [0, 0.05) is 23.7 Å². The van der Waals surface area contributed by atoms with Crippen molar-refractivity contribution in [2.45, 2.75) is 42.2 Å². The number of nitro groups is 1. The lowest BCUT2D eigenvalue weighted by Crippen LogP contribution is -2.59. The molecule has 8 heteroatoms. The first-order chi connectivity index (χ1) is 9.93. The Morgan fingerprint density at radius 3 is 2.48 bits per heavy atom. The van der Waals surface area contributed by atoms with Crippen LogP contribution in [0.25, 0.3) is 0 Å². The zero-order chi connectivity index (χ0) is 15.1. The van der Waals surface area contributed by atoms with Crippen molar-refractivity contribution in [3.05, 3.63) is 34.4 Å². The van der Waals surface area contributed by atoms with Crippen LogP contribution in [-0.2, 0) is 10.0 Å². The van der Waals surface area contributed by atoms with Crippen molar-refractivity contribution in [1.29, 1.82) is 0 Å². The molecule has 1 aliphatic carbocycles. The summed E-state index contributed by atoms with van der Waals surface area (Å²) in [7, 11) is -3.65. The molecule has 114 valence electrons. The summed E-state index contributed by atoms with van der Waals surface area (Å²) < 4.78 is 27.5. The standard InChI is InChI=1S/C13H17N3O4S/c17-16(18)10-2-4-11(5-3-10)21(19,20)15-12-6-9-14-13(12)7-1-8-13/h2-5,12,14-15H,1,6-9H2.